The van der Waals surface area contributed by atoms with Gasteiger partial charge in [0.05, 0.1) is 6.61 Å². The smallest absolute Gasteiger partial charge is 0.333 e. The van der Waals surface area contributed by atoms with Crippen molar-refractivity contribution < 1.29 is 9.53 Å². The van der Waals surface area contributed by atoms with Crippen molar-refractivity contribution in [2.45, 2.75) is 53.4 Å². The molecule has 0 aliphatic rings. The SMILES string of the molecule is C=C(C)C(=O)OCCC(C)CCCC(C)C. The van der Waals surface area contributed by atoms with E-state index < -0.39 is 0 Å². The van der Waals surface area contributed by atoms with Crippen LogP contribution in [0.1, 0.15) is 53.4 Å². The van der Waals surface area contributed by atoms with Gasteiger partial charge in [-0.05, 0) is 25.2 Å². The fraction of sp³-hybridized carbons (Fsp3) is 0.786. The van der Waals surface area contributed by atoms with Crippen molar-refractivity contribution in [3.63, 3.8) is 0 Å². The molecule has 0 bridgehead atoms. The van der Waals surface area contributed by atoms with Crippen molar-refractivity contribution in [2.75, 3.05) is 6.61 Å². The highest BCUT2D eigenvalue weighted by atomic mass is 16.5. The molecule has 0 rings (SSSR count). The number of esters is 1. The Hall–Kier alpha value is -0.790. The lowest BCUT2D eigenvalue weighted by molar-refractivity contribution is -0.139. The van der Waals surface area contributed by atoms with E-state index in [0.29, 0.717) is 18.1 Å². The molecule has 0 aliphatic carbocycles. The summed E-state index contributed by atoms with van der Waals surface area (Å²) in [4.78, 5) is 11.1. The van der Waals surface area contributed by atoms with Gasteiger partial charge in [0.2, 0.25) is 0 Å². The molecule has 2 heteroatoms. The highest BCUT2D eigenvalue weighted by Gasteiger charge is 2.06. The van der Waals surface area contributed by atoms with Gasteiger partial charge in [-0.1, -0.05) is 46.6 Å². The van der Waals surface area contributed by atoms with E-state index in [4.69, 9.17) is 4.74 Å². The quantitative estimate of drug-likeness (QED) is 0.462. The summed E-state index contributed by atoms with van der Waals surface area (Å²) in [6.45, 7) is 12.5. The van der Waals surface area contributed by atoms with Gasteiger partial charge in [-0.15, -0.1) is 0 Å². The van der Waals surface area contributed by atoms with E-state index in [1.807, 2.05) is 0 Å². The molecule has 0 radical (unpaired) electrons. The zero-order valence-corrected chi connectivity index (χ0v) is 11.2. The summed E-state index contributed by atoms with van der Waals surface area (Å²) in [5.74, 6) is 1.15. The molecule has 0 fully saturated rings. The second-order valence-electron chi connectivity index (χ2n) is 5.13. The summed E-state index contributed by atoms with van der Waals surface area (Å²) in [5, 5.41) is 0. The maximum atomic E-state index is 11.1. The van der Waals surface area contributed by atoms with Crippen LogP contribution in [0.4, 0.5) is 0 Å². The molecule has 1 atom stereocenters. The van der Waals surface area contributed by atoms with Crippen molar-refractivity contribution in [1.82, 2.24) is 0 Å². The number of ether oxygens (including phenoxy) is 1. The minimum atomic E-state index is -0.269. The molecular weight excluding hydrogens is 200 g/mol. The van der Waals surface area contributed by atoms with Gasteiger partial charge in [0.15, 0.2) is 0 Å². The largest absolute Gasteiger partial charge is 0.462 e. The third-order valence-corrected chi connectivity index (χ3v) is 2.67. The Morgan fingerprint density at radius 1 is 1.19 bits per heavy atom. The summed E-state index contributed by atoms with van der Waals surface area (Å²) in [6.07, 6.45) is 4.74. The van der Waals surface area contributed by atoms with Crippen molar-refractivity contribution in [3.05, 3.63) is 12.2 Å². The van der Waals surface area contributed by atoms with Gasteiger partial charge in [0.1, 0.15) is 0 Å². The van der Waals surface area contributed by atoms with E-state index in [1.165, 1.54) is 19.3 Å². The number of rotatable bonds is 8. The second-order valence-corrected chi connectivity index (χ2v) is 5.13. The third kappa shape index (κ3) is 8.51. The molecule has 0 aromatic rings. The summed E-state index contributed by atoms with van der Waals surface area (Å²) in [6, 6.07) is 0. The average molecular weight is 226 g/mol. The van der Waals surface area contributed by atoms with Crippen LogP contribution in [0, 0.1) is 11.8 Å². The van der Waals surface area contributed by atoms with Gasteiger partial charge < -0.3 is 4.74 Å². The maximum Gasteiger partial charge on any atom is 0.333 e. The first-order valence-corrected chi connectivity index (χ1v) is 6.26. The minimum absolute atomic E-state index is 0.269. The Morgan fingerprint density at radius 3 is 2.31 bits per heavy atom. The molecule has 0 N–H and O–H groups in total. The number of hydrogen-bond acceptors (Lipinski definition) is 2. The molecule has 0 saturated carbocycles. The van der Waals surface area contributed by atoms with E-state index in [9.17, 15) is 4.79 Å². The lowest BCUT2D eigenvalue weighted by Crippen LogP contribution is -2.09. The number of carbonyl (C=O) groups is 1. The molecular formula is C14H26O2. The lowest BCUT2D eigenvalue weighted by Gasteiger charge is -2.12. The van der Waals surface area contributed by atoms with Crippen LogP contribution in [-0.2, 0) is 9.53 Å². The molecule has 16 heavy (non-hydrogen) atoms. The highest BCUT2D eigenvalue weighted by Crippen LogP contribution is 2.15. The lowest BCUT2D eigenvalue weighted by atomic mass is 9.98. The summed E-state index contributed by atoms with van der Waals surface area (Å²) < 4.78 is 5.06. The number of carbonyl (C=O) groups excluding carboxylic acids is 1. The highest BCUT2D eigenvalue weighted by molar-refractivity contribution is 5.86. The first-order chi connectivity index (χ1) is 7.43. The molecule has 0 spiro atoms. The van der Waals surface area contributed by atoms with Crippen LogP contribution in [0.25, 0.3) is 0 Å². The van der Waals surface area contributed by atoms with Crippen molar-refractivity contribution in [1.29, 1.82) is 0 Å². The number of hydrogen-bond donors (Lipinski definition) is 0. The molecule has 0 amide bonds. The maximum absolute atomic E-state index is 11.1. The van der Waals surface area contributed by atoms with Gasteiger partial charge in [-0.3, -0.25) is 0 Å². The molecule has 0 aliphatic heterocycles. The Morgan fingerprint density at radius 2 is 1.81 bits per heavy atom. The van der Waals surface area contributed by atoms with E-state index in [-0.39, 0.29) is 5.97 Å². The average Bonchev–Trinajstić information content (AvgIpc) is 2.16. The molecule has 0 aromatic carbocycles. The van der Waals surface area contributed by atoms with Crippen LogP contribution in [0.5, 0.6) is 0 Å². The monoisotopic (exact) mass is 226 g/mol. The Bertz CT molecular complexity index is 219. The molecule has 94 valence electrons. The first kappa shape index (κ1) is 15.2. The Labute approximate surface area is 100 Å². The van der Waals surface area contributed by atoms with Crippen molar-refractivity contribution in [3.8, 4) is 0 Å². The van der Waals surface area contributed by atoms with Gasteiger partial charge in [-0.2, -0.15) is 0 Å². The van der Waals surface area contributed by atoms with Crippen LogP contribution < -0.4 is 0 Å². The van der Waals surface area contributed by atoms with E-state index >= 15 is 0 Å². The molecule has 2 nitrogen and oxygen atoms in total. The zero-order chi connectivity index (χ0) is 12.6. The zero-order valence-electron chi connectivity index (χ0n) is 11.2. The van der Waals surface area contributed by atoms with Crippen molar-refractivity contribution >= 4 is 5.97 Å². The van der Waals surface area contributed by atoms with Crippen LogP contribution in [0.2, 0.25) is 0 Å². The van der Waals surface area contributed by atoms with Crippen LogP contribution >= 0.6 is 0 Å². The van der Waals surface area contributed by atoms with Gasteiger partial charge in [0.25, 0.3) is 0 Å². The molecule has 0 aromatic heterocycles. The predicted octanol–water partition coefficient (Wildman–Crippen LogP) is 3.96. The Balaban J connectivity index is 3.47. The van der Waals surface area contributed by atoms with Crippen molar-refractivity contribution in [2.24, 2.45) is 11.8 Å². The molecule has 0 heterocycles. The van der Waals surface area contributed by atoms with Gasteiger partial charge >= 0.3 is 5.97 Å². The molecule has 1 unspecified atom stereocenters. The molecule has 0 saturated heterocycles. The van der Waals surface area contributed by atoms with Crippen LogP contribution in [0.3, 0.4) is 0 Å². The summed E-state index contributed by atoms with van der Waals surface area (Å²) >= 11 is 0. The summed E-state index contributed by atoms with van der Waals surface area (Å²) in [7, 11) is 0. The Kier molecular flexibility index (Phi) is 7.96. The first-order valence-electron chi connectivity index (χ1n) is 6.26. The van der Waals surface area contributed by atoms with Gasteiger partial charge in [0, 0.05) is 5.57 Å². The fourth-order valence-corrected chi connectivity index (χ4v) is 1.49. The summed E-state index contributed by atoms with van der Waals surface area (Å²) in [5.41, 5.74) is 0.479. The van der Waals surface area contributed by atoms with E-state index in [0.717, 1.165) is 12.3 Å². The predicted molar refractivity (Wildman–Crippen MR) is 68.2 cm³/mol. The standard InChI is InChI=1S/C14H26O2/c1-11(2)7-6-8-13(5)9-10-16-14(15)12(3)4/h11,13H,3,6-10H2,1-2,4-5H3. The fourth-order valence-electron chi connectivity index (χ4n) is 1.49. The van der Waals surface area contributed by atoms with Crippen LogP contribution in [0.15, 0.2) is 12.2 Å². The second kappa shape index (κ2) is 8.37. The third-order valence-electron chi connectivity index (χ3n) is 2.67. The minimum Gasteiger partial charge on any atom is -0.462 e. The van der Waals surface area contributed by atoms with Crippen LogP contribution in [-0.4, -0.2) is 12.6 Å². The normalized spacial score (nSPS) is 12.6. The topological polar surface area (TPSA) is 26.3 Å². The van der Waals surface area contributed by atoms with E-state index in [1.54, 1.807) is 6.92 Å². The van der Waals surface area contributed by atoms with E-state index in [2.05, 4.69) is 27.4 Å². The van der Waals surface area contributed by atoms with Gasteiger partial charge in [-0.25, -0.2) is 4.79 Å².